The Morgan fingerprint density at radius 3 is 2.31 bits per heavy atom. The van der Waals surface area contributed by atoms with Gasteiger partial charge >= 0.3 is 6.03 Å². The molecule has 0 saturated carbocycles. The highest BCUT2D eigenvalue weighted by molar-refractivity contribution is 5.91. The molecule has 4 saturated heterocycles. The molecule has 0 bridgehead atoms. The summed E-state index contributed by atoms with van der Waals surface area (Å²) in [6.45, 7) is 6.62. The number of hydrogen-bond acceptors (Lipinski definition) is 9. The van der Waals surface area contributed by atoms with Crippen LogP contribution in [0.2, 0.25) is 0 Å². The van der Waals surface area contributed by atoms with Crippen molar-refractivity contribution >= 4 is 23.7 Å². The van der Waals surface area contributed by atoms with Crippen molar-refractivity contribution in [2.45, 2.75) is 50.6 Å². The number of likely N-dealkylation sites (N-methyl/N-ethyl adjacent to an activating group) is 2. The van der Waals surface area contributed by atoms with E-state index in [0.717, 1.165) is 75.6 Å². The van der Waals surface area contributed by atoms with Crippen LogP contribution in [0.5, 0.6) is 5.75 Å². The average molecular weight is 696 g/mol. The number of piperazine rings is 2. The number of piperidine rings is 1. The largest absolute Gasteiger partial charge is 0.508 e. The Bertz CT molecular complexity index is 1680. The molecule has 4 amide bonds. The van der Waals surface area contributed by atoms with Crippen molar-refractivity contribution < 1.29 is 19.5 Å². The summed E-state index contributed by atoms with van der Waals surface area (Å²) in [6.07, 6.45) is 3.01. The third-order valence-electron chi connectivity index (χ3n) is 10.7. The van der Waals surface area contributed by atoms with Crippen molar-refractivity contribution in [2.75, 3.05) is 71.4 Å². The van der Waals surface area contributed by atoms with Crippen LogP contribution in [0.3, 0.4) is 0 Å². The highest BCUT2D eigenvalue weighted by atomic mass is 16.3. The number of carbonyl (C=O) groups is 3. The van der Waals surface area contributed by atoms with Gasteiger partial charge in [-0.25, -0.2) is 19.8 Å². The summed E-state index contributed by atoms with van der Waals surface area (Å²) in [5.74, 6) is 0.625. The van der Waals surface area contributed by atoms with Gasteiger partial charge in [0.2, 0.25) is 11.8 Å². The van der Waals surface area contributed by atoms with Crippen LogP contribution in [-0.2, 0) is 29.1 Å². The lowest BCUT2D eigenvalue weighted by atomic mass is 9.98. The average Bonchev–Trinajstić information content (AvgIpc) is 3.13. The lowest BCUT2D eigenvalue weighted by Crippen LogP contribution is -2.76. The monoisotopic (exact) mass is 695 g/mol. The highest BCUT2D eigenvalue weighted by Crippen LogP contribution is 2.31. The van der Waals surface area contributed by atoms with E-state index in [9.17, 15) is 19.5 Å². The second-order valence-electron chi connectivity index (χ2n) is 14.3. The number of hydrogen-bond donors (Lipinski definition) is 2. The number of aromatic hydroxyl groups is 1. The van der Waals surface area contributed by atoms with Crippen molar-refractivity contribution in [3.63, 3.8) is 0 Å². The van der Waals surface area contributed by atoms with Crippen LogP contribution < -0.4 is 10.2 Å². The van der Waals surface area contributed by atoms with E-state index < -0.39 is 12.2 Å². The van der Waals surface area contributed by atoms with Crippen LogP contribution >= 0.6 is 0 Å². The number of nitrogens with one attached hydrogen (secondary N) is 1. The van der Waals surface area contributed by atoms with E-state index >= 15 is 0 Å². The van der Waals surface area contributed by atoms with Gasteiger partial charge in [-0.15, -0.1) is 0 Å². The number of rotatable bonds is 8. The number of phenols is 1. The molecule has 270 valence electrons. The molecule has 1 unspecified atom stereocenters. The summed E-state index contributed by atoms with van der Waals surface area (Å²) in [5, 5.41) is 16.5. The topological polar surface area (TPSA) is 119 Å². The summed E-state index contributed by atoms with van der Waals surface area (Å²) in [4.78, 5) is 57.7. The summed E-state index contributed by atoms with van der Waals surface area (Å²) >= 11 is 0. The zero-order valence-electron chi connectivity index (χ0n) is 29.6. The fraction of sp³-hybridized carbons (Fsp3) is 0.474. The van der Waals surface area contributed by atoms with Gasteiger partial charge in [0.05, 0.1) is 13.1 Å². The van der Waals surface area contributed by atoms with Gasteiger partial charge in [0.15, 0.2) is 0 Å². The fourth-order valence-electron chi connectivity index (χ4n) is 7.88. The molecule has 13 heteroatoms. The third kappa shape index (κ3) is 7.80. The van der Waals surface area contributed by atoms with Crippen LogP contribution in [0.1, 0.15) is 29.5 Å². The minimum absolute atomic E-state index is 0.000315. The maximum Gasteiger partial charge on any atom is 0.334 e. The van der Waals surface area contributed by atoms with E-state index in [1.165, 1.54) is 5.56 Å². The Labute approximate surface area is 300 Å². The first-order chi connectivity index (χ1) is 24.7. The van der Waals surface area contributed by atoms with Crippen LogP contribution in [0, 0.1) is 0 Å². The molecule has 5 heterocycles. The SMILES string of the molecule is CN1CCN(c2ncccc2CN2CC3N(C(=O)CN(C)N3C(=O)NC3CCN(Cc4ccccc4)CC3)[C@@H](Cc3ccc(O)cc3)C2=O)CC1. The van der Waals surface area contributed by atoms with Gasteiger partial charge < -0.3 is 30.0 Å². The molecular formula is C38H49N9O4. The van der Waals surface area contributed by atoms with Crippen molar-refractivity contribution in [1.82, 2.24) is 39.9 Å². The zero-order valence-corrected chi connectivity index (χ0v) is 29.6. The minimum atomic E-state index is -0.824. The number of amides is 4. The number of hydrazine groups is 1. The molecule has 0 aliphatic carbocycles. The normalized spacial score (nSPS) is 22.7. The van der Waals surface area contributed by atoms with Crippen LogP contribution in [0.15, 0.2) is 72.9 Å². The van der Waals surface area contributed by atoms with E-state index in [4.69, 9.17) is 4.98 Å². The van der Waals surface area contributed by atoms with E-state index in [1.807, 2.05) is 18.2 Å². The predicted molar refractivity (Wildman–Crippen MR) is 193 cm³/mol. The number of fused-ring (bicyclic) bond motifs is 1. The number of benzene rings is 2. The molecule has 0 spiro atoms. The van der Waals surface area contributed by atoms with E-state index in [1.54, 1.807) is 57.3 Å². The molecule has 51 heavy (non-hydrogen) atoms. The molecule has 2 aromatic carbocycles. The summed E-state index contributed by atoms with van der Waals surface area (Å²) in [6, 6.07) is 20.0. The lowest BCUT2D eigenvalue weighted by Gasteiger charge is -2.54. The molecule has 2 atom stereocenters. The van der Waals surface area contributed by atoms with E-state index in [2.05, 4.69) is 51.3 Å². The molecule has 0 radical (unpaired) electrons. The summed E-state index contributed by atoms with van der Waals surface area (Å²) in [5.41, 5.74) is 3.03. The van der Waals surface area contributed by atoms with Crippen molar-refractivity contribution in [1.29, 1.82) is 0 Å². The Hall–Kier alpha value is -4.72. The third-order valence-corrected chi connectivity index (χ3v) is 10.7. The Balaban J connectivity index is 1.12. The number of aromatic nitrogens is 1. The number of phenolic OH excluding ortho intramolecular Hbond substituents is 1. The van der Waals surface area contributed by atoms with Gasteiger partial charge in [-0.1, -0.05) is 48.5 Å². The maximum absolute atomic E-state index is 14.5. The first-order valence-corrected chi connectivity index (χ1v) is 18.1. The van der Waals surface area contributed by atoms with Gasteiger partial charge in [-0.3, -0.25) is 14.5 Å². The molecule has 1 aromatic heterocycles. The van der Waals surface area contributed by atoms with E-state index in [0.29, 0.717) is 6.54 Å². The van der Waals surface area contributed by atoms with Crippen LogP contribution in [0.4, 0.5) is 10.6 Å². The summed E-state index contributed by atoms with van der Waals surface area (Å²) < 4.78 is 0. The highest BCUT2D eigenvalue weighted by Gasteiger charge is 2.51. The first kappa shape index (κ1) is 34.7. The van der Waals surface area contributed by atoms with Gasteiger partial charge in [0.25, 0.3) is 0 Å². The van der Waals surface area contributed by atoms with Gasteiger partial charge in [-0.2, -0.15) is 0 Å². The Morgan fingerprint density at radius 1 is 0.863 bits per heavy atom. The molecule has 4 aliphatic heterocycles. The summed E-state index contributed by atoms with van der Waals surface area (Å²) in [7, 11) is 3.88. The second-order valence-corrected chi connectivity index (χ2v) is 14.3. The number of anilines is 1. The Kier molecular flexibility index (Phi) is 10.4. The van der Waals surface area contributed by atoms with Crippen LogP contribution in [0.25, 0.3) is 0 Å². The molecule has 4 aliphatic rings. The molecule has 3 aromatic rings. The van der Waals surface area contributed by atoms with Crippen molar-refractivity contribution in [3.8, 4) is 5.75 Å². The second kappa shape index (κ2) is 15.3. The quantitative estimate of drug-likeness (QED) is 0.366. The molecular weight excluding hydrogens is 646 g/mol. The molecule has 7 rings (SSSR count). The van der Waals surface area contributed by atoms with Gasteiger partial charge in [-0.05, 0) is 49.2 Å². The zero-order chi connectivity index (χ0) is 35.5. The van der Waals surface area contributed by atoms with Crippen molar-refractivity contribution in [3.05, 3.63) is 89.6 Å². The maximum atomic E-state index is 14.5. The smallest absolute Gasteiger partial charge is 0.334 e. The van der Waals surface area contributed by atoms with Crippen molar-refractivity contribution in [2.24, 2.45) is 0 Å². The fourth-order valence-corrected chi connectivity index (χ4v) is 7.88. The number of urea groups is 1. The number of nitrogens with zero attached hydrogens (tertiary/aromatic N) is 8. The van der Waals surface area contributed by atoms with Crippen LogP contribution in [-0.4, -0.2) is 142 Å². The molecule has 2 N–H and O–H groups in total. The number of pyridine rings is 1. The predicted octanol–water partition coefficient (Wildman–Crippen LogP) is 2.18. The number of carbonyl (C=O) groups excluding carboxylic acids is 3. The van der Waals surface area contributed by atoms with Gasteiger partial charge in [0.1, 0.15) is 23.8 Å². The lowest BCUT2D eigenvalue weighted by molar-refractivity contribution is -0.187. The number of likely N-dealkylation sites (tertiary alicyclic amines) is 1. The molecule has 4 fully saturated rings. The minimum Gasteiger partial charge on any atom is -0.508 e. The first-order valence-electron chi connectivity index (χ1n) is 18.1. The molecule has 13 nitrogen and oxygen atoms in total. The standard InChI is InChI=1S/C38H49N9O4/c1-41-19-21-44(22-20-41)36-30(9-6-16-39-36)25-45-26-34-46(33(37(45)50)23-28-10-12-32(48)13-11-28)35(49)27-42(2)47(34)38(51)40-31-14-17-43(18-15-31)24-29-7-4-3-5-8-29/h3-13,16,31,33-34,48H,14-15,17-27H2,1-2H3,(H,40,51)/t33-,34?/m0/s1. The van der Waals surface area contributed by atoms with E-state index in [-0.39, 0.29) is 49.1 Å². The Morgan fingerprint density at radius 2 is 1.59 bits per heavy atom. The van der Waals surface area contributed by atoms with Gasteiger partial charge in [0, 0.05) is 83.6 Å².